The van der Waals surface area contributed by atoms with Gasteiger partial charge in [0.1, 0.15) is 0 Å². The van der Waals surface area contributed by atoms with Crippen molar-refractivity contribution < 1.29 is 4.43 Å². The average molecular weight is 238 g/mol. The highest BCUT2D eigenvalue weighted by atomic mass is 28.3. The van der Waals surface area contributed by atoms with Crippen LogP contribution in [0.1, 0.15) is 41.5 Å². The molecule has 0 aromatic rings. The SMILES string of the molecule is CC(C)C(O[SiH]1C=CC=C1)(C(C)C)C(C)C. The molecule has 0 fully saturated rings. The summed E-state index contributed by atoms with van der Waals surface area (Å²) in [7, 11) is -1.24. The molecule has 0 amide bonds. The Labute approximate surface area is 102 Å². The highest BCUT2D eigenvalue weighted by molar-refractivity contribution is 6.64. The predicted octanol–water partition coefficient (Wildman–Crippen LogP) is 3.64. The van der Waals surface area contributed by atoms with Crippen molar-refractivity contribution >= 4 is 9.04 Å². The fourth-order valence-corrected chi connectivity index (χ4v) is 5.40. The third-order valence-corrected chi connectivity index (χ3v) is 5.64. The third-order valence-electron chi connectivity index (χ3n) is 3.76. The van der Waals surface area contributed by atoms with Gasteiger partial charge in [-0.25, -0.2) is 0 Å². The normalized spacial score (nSPS) is 17.3. The Morgan fingerprint density at radius 1 is 0.812 bits per heavy atom. The van der Waals surface area contributed by atoms with Crippen LogP contribution < -0.4 is 0 Å². The van der Waals surface area contributed by atoms with Gasteiger partial charge in [-0.1, -0.05) is 65.1 Å². The first-order valence-electron chi connectivity index (χ1n) is 6.44. The van der Waals surface area contributed by atoms with Crippen LogP contribution in [0.2, 0.25) is 0 Å². The van der Waals surface area contributed by atoms with Gasteiger partial charge in [-0.2, -0.15) is 0 Å². The van der Waals surface area contributed by atoms with Crippen molar-refractivity contribution in [3.05, 3.63) is 23.6 Å². The molecule has 2 heteroatoms. The lowest BCUT2D eigenvalue weighted by atomic mass is 9.73. The van der Waals surface area contributed by atoms with Crippen LogP contribution >= 0.6 is 0 Å². The fraction of sp³-hybridized carbons (Fsp3) is 0.714. The molecule has 0 saturated heterocycles. The Morgan fingerprint density at radius 3 is 1.50 bits per heavy atom. The summed E-state index contributed by atoms with van der Waals surface area (Å²) in [6, 6.07) is 0. The van der Waals surface area contributed by atoms with Gasteiger partial charge in [-0.3, -0.25) is 0 Å². The molecule has 0 radical (unpaired) electrons. The number of hydrogen-bond donors (Lipinski definition) is 0. The van der Waals surface area contributed by atoms with Crippen LogP contribution in [0.3, 0.4) is 0 Å². The second-order valence-electron chi connectivity index (χ2n) is 5.67. The molecule has 0 aliphatic carbocycles. The van der Waals surface area contributed by atoms with Crippen LogP contribution in [-0.4, -0.2) is 14.6 Å². The largest absolute Gasteiger partial charge is 0.406 e. The Hall–Kier alpha value is -0.343. The Morgan fingerprint density at radius 2 is 1.19 bits per heavy atom. The molecule has 0 N–H and O–H groups in total. The van der Waals surface area contributed by atoms with Gasteiger partial charge in [0.05, 0.1) is 5.60 Å². The zero-order chi connectivity index (χ0) is 12.3. The summed E-state index contributed by atoms with van der Waals surface area (Å²) >= 11 is 0. The van der Waals surface area contributed by atoms with E-state index >= 15 is 0 Å². The maximum Gasteiger partial charge on any atom is 0.226 e. The van der Waals surface area contributed by atoms with Crippen LogP contribution in [0, 0.1) is 17.8 Å². The van der Waals surface area contributed by atoms with Crippen molar-refractivity contribution in [1.82, 2.24) is 0 Å². The maximum atomic E-state index is 6.55. The van der Waals surface area contributed by atoms with Crippen LogP contribution in [0.4, 0.5) is 0 Å². The molecule has 0 spiro atoms. The Balaban J connectivity index is 2.92. The standard InChI is InChI=1S/C14H26OSi/c1-11(2)14(12(3)4,13(5)6)15-16-9-7-8-10-16/h7-13,16H,1-6H3. The molecule has 0 bridgehead atoms. The lowest BCUT2D eigenvalue weighted by Crippen LogP contribution is -2.51. The molecule has 1 aliphatic heterocycles. The van der Waals surface area contributed by atoms with Gasteiger partial charge in [0.25, 0.3) is 0 Å². The molecule has 1 aliphatic rings. The molecule has 0 aromatic carbocycles. The van der Waals surface area contributed by atoms with E-state index in [4.69, 9.17) is 4.43 Å². The second-order valence-corrected chi connectivity index (χ2v) is 7.60. The molecule has 0 saturated carbocycles. The lowest BCUT2D eigenvalue weighted by Gasteiger charge is -2.46. The van der Waals surface area contributed by atoms with E-state index in [1.807, 2.05) is 0 Å². The molecular formula is C14H26OSi. The predicted molar refractivity (Wildman–Crippen MR) is 73.8 cm³/mol. The second kappa shape index (κ2) is 5.33. The van der Waals surface area contributed by atoms with Gasteiger partial charge in [-0.15, -0.1) is 0 Å². The Bertz CT molecular complexity index is 243. The molecule has 1 rings (SSSR count). The minimum atomic E-state index is -1.24. The van der Waals surface area contributed by atoms with Crippen molar-refractivity contribution in [3.8, 4) is 0 Å². The smallest absolute Gasteiger partial charge is 0.226 e. The molecule has 16 heavy (non-hydrogen) atoms. The average Bonchev–Trinajstić information content (AvgIpc) is 2.64. The summed E-state index contributed by atoms with van der Waals surface area (Å²) < 4.78 is 6.55. The summed E-state index contributed by atoms with van der Waals surface area (Å²) in [5.41, 5.74) is 4.56. The van der Waals surface area contributed by atoms with E-state index in [1.165, 1.54) is 0 Å². The molecule has 1 heterocycles. The first-order valence-corrected chi connectivity index (χ1v) is 8.24. The topological polar surface area (TPSA) is 9.23 Å². The Kier molecular flexibility index (Phi) is 4.57. The van der Waals surface area contributed by atoms with E-state index < -0.39 is 9.04 Å². The summed E-state index contributed by atoms with van der Waals surface area (Å²) in [5, 5.41) is 0. The van der Waals surface area contributed by atoms with Crippen LogP contribution in [-0.2, 0) is 4.43 Å². The van der Waals surface area contributed by atoms with E-state index in [2.05, 4.69) is 65.1 Å². The lowest BCUT2D eigenvalue weighted by molar-refractivity contribution is -0.0613. The first-order chi connectivity index (χ1) is 7.41. The van der Waals surface area contributed by atoms with Gasteiger partial charge in [-0.05, 0) is 17.8 Å². The van der Waals surface area contributed by atoms with Crippen molar-refractivity contribution in [1.29, 1.82) is 0 Å². The fourth-order valence-electron chi connectivity index (χ4n) is 3.13. The van der Waals surface area contributed by atoms with E-state index in [9.17, 15) is 0 Å². The summed E-state index contributed by atoms with van der Waals surface area (Å²) in [4.78, 5) is 0. The number of hydrogen-bond acceptors (Lipinski definition) is 1. The highest BCUT2D eigenvalue weighted by Gasteiger charge is 2.42. The summed E-state index contributed by atoms with van der Waals surface area (Å²) in [6.45, 7) is 13.7. The number of rotatable bonds is 5. The van der Waals surface area contributed by atoms with E-state index in [0.29, 0.717) is 17.8 Å². The van der Waals surface area contributed by atoms with Crippen molar-refractivity contribution in [3.63, 3.8) is 0 Å². The molecule has 0 atom stereocenters. The van der Waals surface area contributed by atoms with E-state index in [-0.39, 0.29) is 5.60 Å². The zero-order valence-electron chi connectivity index (χ0n) is 11.5. The van der Waals surface area contributed by atoms with E-state index in [0.717, 1.165) is 0 Å². The van der Waals surface area contributed by atoms with Gasteiger partial charge < -0.3 is 4.43 Å². The van der Waals surface area contributed by atoms with Crippen LogP contribution in [0.15, 0.2) is 23.6 Å². The molecule has 1 nitrogen and oxygen atoms in total. The minimum Gasteiger partial charge on any atom is -0.406 e. The van der Waals surface area contributed by atoms with Gasteiger partial charge in [0.2, 0.25) is 9.04 Å². The van der Waals surface area contributed by atoms with Gasteiger partial charge in [0.15, 0.2) is 0 Å². The third kappa shape index (κ3) is 2.49. The van der Waals surface area contributed by atoms with Crippen molar-refractivity contribution in [2.45, 2.75) is 47.1 Å². The molecule has 92 valence electrons. The van der Waals surface area contributed by atoms with Crippen molar-refractivity contribution in [2.75, 3.05) is 0 Å². The molecule has 0 unspecified atom stereocenters. The highest BCUT2D eigenvalue weighted by Crippen LogP contribution is 2.38. The first kappa shape index (κ1) is 13.7. The maximum absolute atomic E-state index is 6.55. The number of allylic oxidation sites excluding steroid dienone is 2. The van der Waals surface area contributed by atoms with E-state index in [1.54, 1.807) is 0 Å². The molecular weight excluding hydrogens is 212 g/mol. The van der Waals surface area contributed by atoms with Crippen molar-refractivity contribution in [2.24, 2.45) is 17.8 Å². The molecule has 0 aromatic heterocycles. The van der Waals surface area contributed by atoms with Crippen LogP contribution in [0.5, 0.6) is 0 Å². The van der Waals surface area contributed by atoms with Gasteiger partial charge in [0, 0.05) is 0 Å². The van der Waals surface area contributed by atoms with Crippen LogP contribution in [0.25, 0.3) is 0 Å². The quantitative estimate of drug-likeness (QED) is 0.665. The monoisotopic (exact) mass is 238 g/mol. The minimum absolute atomic E-state index is 0.0237. The zero-order valence-corrected chi connectivity index (χ0v) is 12.7. The van der Waals surface area contributed by atoms with Gasteiger partial charge >= 0.3 is 0 Å². The summed E-state index contributed by atoms with van der Waals surface area (Å²) in [5.74, 6) is 1.67. The summed E-state index contributed by atoms with van der Waals surface area (Å²) in [6.07, 6.45) is 4.26.